The second-order valence-electron chi connectivity index (χ2n) is 1.21. The molecule has 0 heterocycles. The monoisotopic (exact) mass is 237 g/mol. The van der Waals surface area contributed by atoms with Crippen LogP contribution in [-0.2, 0) is 32.7 Å². The summed E-state index contributed by atoms with van der Waals surface area (Å²) in [5, 5.41) is 0. The van der Waals surface area contributed by atoms with Crippen molar-refractivity contribution in [3.8, 4) is 0 Å². The Morgan fingerprint density at radius 3 is 1.36 bits per heavy atom. The third-order valence-corrected chi connectivity index (χ3v) is 0.604. The molecule has 0 atom stereocenters. The first kappa shape index (κ1) is 29.6. The van der Waals surface area contributed by atoms with E-state index in [1.807, 2.05) is 27.7 Å². The van der Waals surface area contributed by atoms with Gasteiger partial charge in [0.05, 0.1) is 0 Å². The molecule has 0 aromatic carbocycles. The maximum Gasteiger partial charge on any atom is 0 e. The van der Waals surface area contributed by atoms with Gasteiger partial charge in [0.15, 0.2) is 0 Å². The van der Waals surface area contributed by atoms with Gasteiger partial charge in [0.1, 0.15) is 0 Å². The summed E-state index contributed by atoms with van der Waals surface area (Å²) >= 11 is 0. The molecule has 0 saturated carbocycles. The first-order chi connectivity index (χ1) is 4.41. The maximum atomic E-state index is 3.68. The van der Waals surface area contributed by atoms with Gasteiger partial charge in [-0.25, -0.2) is 0 Å². The Morgan fingerprint density at radius 2 is 1.36 bits per heavy atom. The van der Waals surface area contributed by atoms with E-state index in [9.17, 15) is 0 Å². The fraction of sp³-hybridized carbons (Fsp3) is 0.800. The van der Waals surface area contributed by atoms with Crippen molar-refractivity contribution >= 4 is 0 Å². The maximum absolute atomic E-state index is 3.68. The van der Waals surface area contributed by atoms with Crippen LogP contribution in [0.4, 0.5) is 0 Å². The van der Waals surface area contributed by atoms with Gasteiger partial charge in [-0.05, 0) is 0 Å². The quantitative estimate of drug-likeness (QED) is 0.607. The van der Waals surface area contributed by atoms with Crippen LogP contribution in [0.1, 0.15) is 55.3 Å². The number of unbranched alkanes of at least 4 members (excludes halogenated alkanes) is 2. The molecule has 11 heavy (non-hydrogen) atoms. The molecule has 1 radical (unpaired) electrons. The van der Waals surface area contributed by atoms with Crippen LogP contribution >= 0.6 is 0 Å². The minimum Gasteiger partial charge on any atom is -0.358 e. The summed E-state index contributed by atoms with van der Waals surface area (Å²) in [6, 6.07) is 0. The van der Waals surface area contributed by atoms with Gasteiger partial charge in [0, 0.05) is 34.1 Å². The third-order valence-electron chi connectivity index (χ3n) is 0.604. The van der Waals surface area contributed by atoms with Gasteiger partial charge < -0.3 is 14.4 Å². The van der Waals surface area contributed by atoms with Crippen molar-refractivity contribution in [1.29, 1.82) is 0 Å². The van der Waals surface area contributed by atoms with E-state index in [2.05, 4.69) is 13.8 Å². The van der Waals surface area contributed by atoms with Crippen LogP contribution < -0.4 is 0 Å². The number of hydrogen-bond acceptors (Lipinski definition) is 0. The van der Waals surface area contributed by atoms with E-state index >= 15 is 0 Å². The summed E-state index contributed by atoms with van der Waals surface area (Å²) in [5.74, 6) is 0. The summed E-state index contributed by atoms with van der Waals surface area (Å²) in [5.41, 5.74) is 0. The predicted molar refractivity (Wildman–Crippen MR) is 56.1 cm³/mol. The molecule has 0 fully saturated rings. The van der Waals surface area contributed by atoms with E-state index in [4.69, 9.17) is 0 Å². The summed E-state index contributed by atoms with van der Waals surface area (Å²) in [6.07, 6.45) is 3.65. The van der Waals surface area contributed by atoms with Crippen LogP contribution in [0.25, 0.3) is 0 Å². The summed E-state index contributed by atoms with van der Waals surface area (Å²) in [4.78, 5) is 0. The zero-order chi connectivity index (χ0) is 8.12. The Balaban J connectivity index is -0.0000000116. The van der Waals surface area contributed by atoms with Crippen LogP contribution in [0.2, 0.25) is 0 Å². The van der Waals surface area contributed by atoms with Crippen molar-refractivity contribution in [2.24, 2.45) is 0 Å². The SMILES string of the molecule is CC.CC.[CH2-]CCCC.[CH3-].[HH].[Y]. The largest absolute Gasteiger partial charge is 0.358 e. The topological polar surface area (TPSA) is 0 Å². The Morgan fingerprint density at radius 1 is 1.09 bits per heavy atom. The predicted octanol–water partition coefficient (Wildman–Crippen LogP) is 4.76. The fourth-order valence-electron chi connectivity index (χ4n) is 0.250. The van der Waals surface area contributed by atoms with Crippen molar-refractivity contribution in [2.45, 2.75) is 53.9 Å². The molecular weight excluding hydrogens is 209 g/mol. The Kier molecular flexibility index (Phi) is 181. The molecule has 0 aromatic rings. The average Bonchev–Trinajstić information content (AvgIpc) is 1.98. The van der Waals surface area contributed by atoms with E-state index in [0.29, 0.717) is 0 Å². The molecule has 0 aliphatic rings. The Hall–Kier alpha value is 1.10. The molecule has 0 aliphatic heterocycles. The van der Waals surface area contributed by atoms with Crippen LogP contribution in [-0.4, -0.2) is 0 Å². The molecule has 0 unspecified atom stereocenters. The molecule has 0 spiro atoms. The number of rotatable bonds is 2. The minimum atomic E-state index is 0. The first-order valence-electron chi connectivity index (χ1n) is 4.21. The molecule has 0 N–H and O–H groups in total. The van der Waals surface area contributed by atoms with Crippen molar-refractivity contribution in [3.63, 3.8) is 0 Å². The van der Waals surface area contributed by atoms with Crippen LogP contribution in [0.3, 0.4) is 0 Å². The van der Waals surface area contributed by atoms with E-state index < -0.39 is 0 Å². The summed E-state index contributed by atoms with van der Waals surface area (Å²) in [7, 11) is 0. The molecular formula is C10H28Y-2. The van der Waals surface area contributed by atoms with Crippen molar-refractivity contribution in [3.05, 3.63) is 14.4 Å². The van der Waals surface area contributed by atoms with E-state index in [0.717, 1.165) is 6.42 Å². The van der Waals surface area contributed by atoms with Crippen molar-refractivity contribution < 1.29 is 34.1 Å². The van der Waals surface area contributed by atoms with Gasteiger partial charge in [0.2, 0.25) is 0 Å². The van der Waals surface area contributed by atoms with E-state index in [1.54, 1.807) is 0 Å². The average molecular weight is 237 g/mol. The van der Waals surface area contributed by atoms with Crippen molar-refractivity contribution in [2.75, 3.05) is 0 Å². The van der Waals surface area contributed by atoms with Crippen LogP contribution in [0.5, 0.6) is 0 Å². The minimum absolute atomic E-state index is 0. The molecule has 0 aliphatic carbocycles. The molecule has 0 bridgehead atoms. The molecule has 73 valence electrons. The summed E-state index contributed by atoms with van der Waals surface area (Å²) in [6.45, 7) is 13.8. The summed E-state index contributed by atoms with van der Waals surface area (Å²) < 4.78 is 0. The molecule has 0 aromatic heterocycles. The normalized spacial score (nSPS) is 4.91. The number of hydrogen-bond donors (Lipinski definition) is 0. The van der Waals surface area contributed by atoms with Gasteiger partial charge in [-0.1, -0.05) is 47.5 Å². The second kappa shape index (κ2) is 67.3. The Labute approximate surface area is 102 Å². The van der Waals surface area contributed by atoms with Crippen molar-refractivity contribution in [1.82, 2.24) is 0 Å². The van der Waals surface area contributed by atoms with Gasteiger partial charge in [-0.3, -0.25) is 0 Å². The first-order valence-corrected chi connectivity index (χ1v) is 4.21. The van der Waals surface area contributed by atoms with Gasteiger partial charge in [-0.15, -0.1) is 0 Å². The standard InChI is InChI=1S/C5H11.2C2H6.CH3.Y.H2/c1-3-5-4-2;2*1-2;;;/h1,3-5H2,2H3;2*1-2H3;1H3;;1H/q-1;;;-1;;. The molecule has 0 amide bonds. The second-order valence-corrected chi connectivity index (χ2v) is 1.21. The molecule has 0 nitrogen and oxygen atoms in total. The zero-order valence-electron chi connectivity index (χ0n) is 9.41. The molecule has 0 saturated heterocycles. The fourth-order valence-corrected chi connectivity index (χ4v) is 0.250. The van der Waals surface area contributed by atoms with Gasteiger partial charge >= 0.3 is 0 Å². The van der Waals surface area contributed by atoms with Crippen LogP contribution in [0.15, 0.2) is 0 Å². The van der Waals surface area contributed by atoms with Gasteiger partial charge in [-0.2, -0.15) is 6.42 Å². The van der Waals surface area contributed by atoms with Gasteiger partial charge in [0.25, 0.3) is 0 Å². The zero-order valence-corrected chi connectivity index (χ0v) is 12.2. The van der Waals surface area contributed by atoms with E-state index in [1.165, 1.54) is 12.8 Å². The van der Waals surface area contributed by atoms with Crippen LogP contribution in [0, 0.1) is 14.4 Å². The smallest absolute Gasteiger partial charge is 0 e. The molecule has 0 rings (SSSR count). The molecule has 1 heteroatoms. The van der Waals surface area contributed by atoms with E-state index in [-0.39, 0.29) is 41.6 Å². The Bertz CT molecular complexity index is 17.3. The third kappa shape index (κ3) is 95.5.